The van der Waals surface area contributed by atoms with E-state index in [0.29, 0.717) is 18.7 Å². The molecule has 8 heteroatoms. The minimum Gasteiger partial charge on any atom is -0.336 e. The monoisotopic (exact) mass is 323 g/mol. The Morgan fingerprint density at radius 1 is 1.48 bits per heavy atom. The molecule has 4 nitrogen and oxygen atoms in total. The molecule has 1 atom stereocenters. The van der Waals surface area contributed by atoms with Gasteiger partial charge >= 0.3 is 6.18 Å². The Morgan fingerprint density at radius 2 is 2.10 bits per heavy atom. The number of likely N-dealkylation sites (N-methyl/N-ethyl adjacent to an activating group) is 1. The summed E-state index contributed by atoms with van der Waals surface area (Å²) < 4.78 is 37.3. The fraction of sp³-hybridized carbons (Fsp3) is 0.538. The van der Waals surface area contributed by atoms with Gasteiger partial charge in [-0.05, 0) is 30.9 Å². The molecule has 0 aliphatic heterocycles. The second-order valence-corrected chi connectivity index (χ2v) is 4.99. The number of nitrogens with zero attached hydrogens (tertiary/aromatic N) is 2. The number of carbonyl (C=O) groups excluding carboxylic acids is 1. The molecule has 1 aromatic heterocycles. The van der Waals surface area contributed by atoms with Crippen LogP contribution >= 0.6 is 12.4 Å². The van der Waals surface area contributed by atoms with Crippen molar-refractivity contribution >= 4 is 18.3 Å². The molecule has 1 aliphatic carbocycles. The topological polar surface area (TPSA) is 59.2 Å². The van der Waals surface area contributed by atoms with E-state index < -0.39 is 17.6 Å². The Labute approximate surface area is 126 Å². The number of hydrogen-bond acceptors (Lipinski definition) is 3. The van der Waals surface area contributed by atoms with Crippen LogP contribution in [0, 0.1) is 5.92 Å². The number of rotatable bonds is 4. The highest BCUT2D eigenvalue weighted by Crippen LogP contribution is 2.35. The van der Waals surface area contributed by atoms with Crippen LogP contribution in [0.4, 0.5) is 13.2 Å². The highest BCUT2D eigenvalue weighted by Gasteiger charge is 2.36. The van der Waals surface area contributed by atoms with E-state index in [1.165, 1.54) is 4.90 Å². The van der Waals surface area contributed by atoms with Gasteiger partial charge in [0.25, 0.3) is 5.91 Å². The van der Waals surface area contributed by atoms with Gasteiger partial charge in [0, 0.05) is 25.8 Å². The third kappa shape index (κ3) is 4.07. The van der Waals surface area contributed by atoms with Gasteiger partial charge in [0.1, 0.15) is 5.69 Å². The van der Waals surface area contributed by atoms with Gasteiger partial charge < -0.3 is 10.6 Å². The molecule has 2 rings (SSSR count). The maximum Gasteiger partial charge on any atom is 0.417 e. The third-order valence-corrected chi connectivity index (χ3v) is 3.54. The van der Waals surface area contributed by atoms with Crippen LogP contribution in [0.25, 0.3) is 0 Å². The molecule has 0 spiro atoms. The van der Waals surface area contributed by atoms with Crippen LogP contribution in [0.5, 0.6) is 0 Å². The van der Waals surface area contributed by atoms with Gasteiger partial charge in [-0.15, -0.1) is 12.4 Å². The Bertz CT molecular complexity index is 488. The van der Waals surface area contributed by atoms with Gasteiger partial charge in [0.05, 0.1) is 5.56 Å². The second-order valence-electron chi connectivity index (χ2n) is 4.99. The molecule has 1 heterocycles. The summed E-state index contributed by atoms with van der Waals surface area (Å²) in [6.07, 6.45) is -1.72. The highest BCUT2D eigenvalue weighted by molar-refractivity contribution is 5.92. The molecule has 0 bridgehead atoms. The molecule has 0 saturated heterocycles. The minimum absolute atomic E-state index is 0. The fourth-order valence-electron chi connectivity index (χ4n) is 2.17. The van der Waals surface area contributed by atoms with Crippen LogP contribution in [-0.4, -0.2) is 35.4 Å². The number of amides is 1. The van der Waals surface area contributed by atoms with Crippen molar-refractivity contribution in [1.29, 1.82) is 0 Å². The normalized spacial score (nSPS) is 16.0. The molecule has 0 radical (unpaired) electrons. The molecule has 0 aromatic carbocycles. The van der Waals surface area contributed by atoms with Crippen molar-refractivity contribution in [2.45, 2.75) is 25.1 Å². The SMILES string of the molecule is CN(C(=O)c1ccc(C(F)(F)F)cn1)C(CN)C1CC1.Cl. The lowest BCUT2D eigenvalue weighted by Gasteiger charge is -2.26. The van der Waals surface area contributed by atoms with Gasteiger partial charge in [-0.1, -0.05) is 0 Å². The molecule has 1 aliphatic rings. The number of hydrogen-bond donors (Lipinski definition) is 1. The van der Waals surface area contributed by atoms with Crippen LogP contribution < -0.4 is 5.73 Å². The van der Waals surface area contributed by atoms with Crippen LogP contribution in [0.15, 0.2) is 18.3 Å². The summed E-state index contributed by atoms with van der Waals surface area (Å²) in [6, 6.07) is 1.89. The summed E-state index contributed by atoms with van der Waals surface area (Å²) in [4.78, 5) is 17.3. The Balaban J connectivity index is 0.00000220. The predicted molar refractivity (Wildman–Crippen MR) is 74.1 cm³/mol. The highest BCUT2D eigenvalue weighted by atomic mass is 35.5. The van der Waals surface area contributed by atoms with E-state index in [-0.39, 0.29) is 24.1 Å². The number of carbonyl (C=O) groups is 1. The first-order valence-corrected chi connectivity index (χ1v) is 6.35. The molecular formula is C13H17ClF3N3O. The fourth-order valence-corrected chi connectivity index (χ4v) is 2.17. The Kier molecular flexibility index (Phi) is 5.58. The maximum atomic E-state index is 12.4. The van der Waals surface area contributed by atoms with E-state index in [1.54, 1.807) is 7.05 Å². The predicted octanol–water partition coefficient (Wildman–Crippen LogP) is 2.33. The first kappa shape index (κ1) is 17.7. The summed E-state index contributed by atoms with van der Waals surface area (Å²) in [7, 11) is 1.61. The van der Waals surface area contributed by atoms with Gasteiger partial charge in [0.15, 0.2) is 0 Å². The van der Waals surface area contributed by atoms with Crippen molar-refractivity contribution < 1.29 is 18.0 Å². The number of aromatic nitrogens is 1. The van der Waals surface area contributed by atoms with Gasteiger partial charge in [-0.25, -0.2) is 0 Å². The lowest BCUT2D eigenvalue weighted by Crippen LogP contribution is -2.43. The van der Waals surface area contributed by atoms with E-state index >= 15 is 0 Å². The first-order chi connectivity index (χ1) is 9.34. The molecule has 1 aromatic rings. The standard InChI is InChI=1S/C13H16F3N3O.ClH/c1-19(11(6-17)8-2-3-8)12(20)10-5-4-9(7-18-10)13(14,15)16;/h4-5,7-8,11H,2-3,6,17H2,1H3;1H. The van der Waals surface area contributed by atoms with Crippen molar-refractivity contribution in [1.82, 2.24) is 9.88 Å². The van der Waals surface area contributed by atoms with E-state index in [1.807, 2.05) is 0 Å². The molecule has 1 saturated carbocycles. The van der Waals surface area contributed by atoms with Crippen LogP contribution in [0.1, 0.15) is 28.9 Å². The van der Waals surface area contributed by atoms with Crippen molar-refractivity contribution in [3.8, 4) is 0 Å². The van der Waals surface area contributed by atoms with Crippen LogP contribution in [0.3, 0.4) is 0 Å². The summed E-state index contributed by atoms with van der Waals surface area (Å²) >= 11 is 0. The summed E-state index contributed by atoms with van der Waals surface area (Å²) in [5, 5.41) is 0. The Hall–Kier alpha value is -1.34. The van der Waals surface area contributed by atoms with E-state index in [2.05, 4.69) is 4.98 Å². The average Bonchev–Trinajstić information content (AvgIpc) is 3.22. The van der Waals surface area contributed by atoms with E-state index in [4.69, 9.17) is 5.73 Å². The quantitative estimate of drug-likeness (QED) is 0.925. The molecule has 1 unspecified atom stereocenters. The zero-order valence-corrected chi connectivity index (χ0v) is 12.2. The molecule has 21 heavy (non-hydrogen) atoms. The number of pyridine rings is 1. The van der Waals surface area contributed by atoms with Gasteiger partial charge in [-0.2, -0.15) is 13.2 Å². The third-order valence-electron chi connectivity index (χ3n) is 3.54. The van der Waals surface area contributed by atoms with Gasteiger partial charge in [0.2, 0.25) is 0 Å². The number of nitrogens with two attached hydrogens (primary N) is 1. The smallest absolute Gasteiger partial charge is 0.336 e. The van der Waals surface area contributed by atoms with Crippen LogP contribution in [-0.2, 0) is 6.18 Å². The van der Waals surface area contributed by atoms with Crippen molar-refractivity contribution in [2.24, 2.45) is 11.7 Å². The van der Waals surface area contributed by atoms with Crippen LogP contribution in [0.2, 0.25) is 0 Å². The van der Waals surface area contributed by atoms with Crippen molar-refractivity contribution in [2.75, 3.05) is 13.6 Å². The zero-order valence-electron chi connectivity index (χ0n) is 11.4. The summed E-state index contributed by atoms with van der Waals surface area (Å²) in [5.74, 6) is -0.00975. The van der Waals surface area contributed by atoms with Crippen molar-refractivity contribution in [3.63, 3.8) is 0 Å². The number of halogens is 4. The lowest BCUT2D eigenvalue weighted by molar-refractivity contribution is -0.137. The largest absolute Gasteiger partial charge is 0.417 e. The van der Waals surface area contributed by atoms with E-state index in [0.717, 1.165) is 25.0 Å². The number of alkyl halides is 3. The molecular weight excluding hydrogens is 307 g/mol. The van der Waals surface area contributed by atoms with Crippen molar-refractivity contribution in [3.05, 3.63) is 29.6 Å². The summed E-state index contributed by atoms with van der Waals surface area (Å²) in [5.41, 5.74) is 4.78. The zero-order chi connectivity index (χ0) is 14.9. The molecule has 118 valence electrons. The average molecular weight is 324 g/mol. The second kappa shape index (κ2) is 6.62. The molecule has 1 fully saturated rings. The van der Waals surface area contributed by atoms with E-state index in [9.17, 15) is 18.0 Å². The summed E-state index contributed by atoms with van der Waals surface area (Å²) in [6.45, 7) is 0.341. The minimum atomic E-state index is -4.45. The molecule has 2 N–H and O–H groups in total. The lowest BCUT2D eigenvalue weighted by atomic mass is 10.1. The molecule has 1 amide bonds. The Morgan fingerprint density at radius 3 is 2.48 bits per heavy atom. The van der Waals surface area contributed by atoms with Gasteiger partial charge in [-0.3, -0.25) is 9.78 Å². The maximum absolute atomic E-state index is 12.4. The first-order valence-electron chi connectivity index (χ1n) is 6.35.